The number of aliphatic imine (C=N–C) groups is 1. The molecule has 0 aliphatic heterocycles. The summed E-state index contributed by atoms with van der Waals surface area (Å²) in [5.74, 6) is 0.973. The van der Waals surface area contributed by atoms with Gasteiger partial charge in [-0.25, -0.2) is 0 Å². The number of hydrogen-bond donors (Lipinski definition) is 0. The smallest absolute Gasteiger partial charge is 0.0485 e. The third-order valence-electron chi connectivity index (χ3n) is 5.29. The van der Waals surface area contributed by atoms with Crippen LogP contribution in [0.5, 0.6) is 0 Å². The Morgan fingerprint density at radius 3 is 2.31 bits per heavy atom. The quantitative estimate of drug-likeness (QED) is 0.504. The number of benzene rings is 2. The van der Waals surface area contributed by atoms with Crippen molar-refractivity contribution in [1.29, 1.82) is 0 Å². The maximum atomic E-state index is 5.23. The van der Waals surface area contributed by atoms with Crippen LogP contribution in [-0.2, 0) is 0 Å². The highest BCUT2D eigenvalue weighted by molar-refractivity contribution is 6.01. The molecule has 3 rings (SSSR count). The van der Waals surface area contributed by atoms with Crippen molar-refractivity contribution >= 4 is 5.71 Å². The van der Waals surface area contributed by atoms with Crippen LogP contribution in [0.1, 0.15) is 57.1 Å². The van der Waals surface area contributed by atoms with Crippen LogP contribution in [0.3, 0.4) is 0 Å². The molecule has 0 saturated heterocycles. The SMILES string of the molecule is CCC(C/C(=N\C1=C(C)C=CCC1C)c1ccccc1)c1ccccc1. The van der Waals surface area contributed by atoms with Gasteiger partial charge in [0, 0.05) is 17.3 Å². The summed E-state index contributed by atoms with van der Waals surface area (Å²) in [5, 5.41) is 0. The molecule has 0 spiro atoms. The van der Waals surface area contributed by atoms with Crippen molar-refractivity contribution < 1.29 is 0 Å². The van der Waals surface area contributed by atoms with Crippen LogP contribution in [-0.4, -0.2) is 5.71 Å². The molecule has 2 aromatic carbocycles. The van der Waals surface area contributed by atoms with E-state index in [2.05, 4.69) is 93.6 Å². The Hall–Kier alpha value is -2.41. The maximum absolute atomic E-state index is 5.23. The zero-order chi connectivity index (χ0) is 18.4. The summed E-state index contributed by atoms with van der Waals surface area (Å²) in [5.41, 5.74) is 6.39. The molecule has 1 nitrogen and oxygen atoms in total. The van der Waals surface area contributed by atoms with Gasteiger partial charge in [0.15, 0.2) is 0 Å². The molecule has 0 fully saturated rings. The van der Waals surface area contributed by atoms with E-state index in [4.69, 9.17) is 4.99 Å². The van der Waals surface area contributed by atoms with Gasteiger partial charge in [-0.15, -0.1) is 0 Å². The van der Waals surface area contributed by atoms with Crippen molar-refractivity contribution in [3.05, 3.63) is 95.2 Å². The van der Waals surface area contributed by atoms with E-state index in [1.807, 2.05) is 0 Å². The van der Waals surface area contributed by atoms with Crippen molar-refractivity contribution in [2.75, 3.05) is 0 Å². The minimum absolute atomic E-state index is 0.482. The highest BCUT2D eigenvalue weighted by atomic mass is 14.8. The Morgan fingerprint density at radius 2 is 1.69 bits per heavy atom. The lowest BCUT2D eigenvalue weighted by Crippen LogP contribution is -2.11. The van der Waals surface area contributed by atoms with Gasteiger partial charge in [0.25, 0.3) is 0 Å². The average Bonchev–Trinajstić information content (AvgIpc) is 2.68. The van der Waals surface area contributed by atoms with Gasteiger partial charge >= 0.3 is 0 Å². The first-order chi connectivity index (χ1) is 12.7. The van der Waals surface area contributed by atoms with Crippen molar-refractivity contribution in [3.63, 3.8) is 0 Å². The molecule has 0 bridgehead atoms. The second-order valence-electron chi connectivity index (χ2n) is 7.25. The Labute approximate surface area is 158 Å². The van der Waals surface area contributed by atoms with Crippen LogP contribution < -0.4 is 0 Å². The van der Waals surface area contributed by atoms with E-state index < -0.39 is 0 Å². The van der Waals surface area contributed by atoms with E-state index in [9.17, 15) is 0 Å². The summed E-state index contributed by atoms with van der Waals surface area (Å²) in [6.07, 6.45) is 7.64. The second-order valence-corrected chi connectivity index (χ2v) is 7.25. The molecule has 0 aromatic heterocycles. The molecule has 2 atom stereocenters. The Kier molecular flexibility index (Phi) is 6.22. The van der Waals surface area contributed by atoms with Crippen LogP contribution in [0.15, 0.2) is 89.1 Å². The molecule has 2 unspecified atom stereocenters. The van der Waals surface area contributed by atoms with Crippen LogP contribution >= 0.6 is 0 Å². The normalized spacial score (nSPS) is 18.9. The van der Waals surface area contributed by atoms with Crippen LogP contribution in [0.4, 0.5) is 0 Å². The van der Waals surface area contributed by atoms with Crippen molar-refractivity contribution in [2.45, 2.75) is 46.0 Å². The molecular formula is C25H29N. The standard InChI is InChI=1S/C25H29N/c1-4-21(22-14-7-5-8-15-22)18-24(23-16-9-6-10-17-23)26-25-19(2)12-11-13-20(25)3/h5-12,14-17,20-21H,4,13,18H2,1-3H3/b26-24+. The van der Waals surface area contributed by atoms with Gasteiger partial charge in [-0.3, -0.25) is 4.99 Å². The largest absolute Gasteiger partial charge is 0.257 e. The van der Waals surface area contributed by atoms with Gasteiger partial charge < -0.3 is 0 Å². The molecule has 0 N–H and O–H groups in total. The minimum Gasteiger partial charge on any atom is -0.257 e. The van der Waals surface area contributed by atoms with Crippen LogP contribution in [0.2, 0.25) is 0 Å². The third-order valence-corrected chi connectivity index (χ3v) is 5.29. The monoisotopic (exact) mass is 343 g/mol. The van der Waals surface area contributed by atoms with E-state index in [0.29, 0.717) is 11.8 Å². The molecule has 0 radical (unpaired) electrons. The molecular weight excluding hydrogens is 314 g/mol. The predicted octanol–water partition coefficient (Wildman–Crippen LogP) is 6.93. The molecule has 134 valence electrons. The first-order valence-corrected chi connectivity index (χ1v) is 9.74. The van der Waals surface area contributed by atoms with Crippen molar-refractivity contribution in [3.8, 4) is 0 Å². The molecule has 1 aliphatic rings. The topological polar surface area (TPSA) is 12.4 Å². The van der Waals surface area contributed by atoms with E-state index in [-0.39, 0.29) is 0 Å². The molecule has 0 saturated carbocycles. The first kappa shape index (κ1) is 18.4. The van der Waals surface area contributed by atoms with Gasteiger partial charge in [-0.1, -0.05) is 86.7 Å². The van der Waals surface area contributed by atoms with Gasteiger partial charge in [-0.2, -0.15) is 0 Å². The van der Waals surface area contributed by atoms with Crippen molar-refractivity contribution in [2.24, 2.45) is 10.9 Å². The zero-order valence-corrected chi connectivity index (χ0v) is 16.2. The Morgan fingerprint density at radius 1 is 1.04 bits per heavy atom. The third kappa shape index (κ3) is 4.40. The summed E-state index contributed by atoms with van der Waals surface area (Å²) in [6.45, 7) is 6.74. The second kappa shape index (κ2) is 8.80. The zero-order valence-electron chi connectivity index (χ0n) is 16.2. The number of nitrogens with zero attached hydrogens (tertiary/aromatic N) is 1. The summed E-state index contributed by atoms with van der Waals surface area (Å²) < 4.78 is 0. The summed E-state index contributed by atoms with van der Waals surface area (Å²) in [6, 6.07) is 21.5. The maximum Gasteiger partial charge on any atom is 0.0485 e. The molecule has 1 heteroatoms. The Bertz CT molecular complexity index is 797. The summed E-state index contributed by atoms with van der Waals surface area (Å²) in [7, 11) is 0. The van der Waals surface area contributed by atoms with Crippen LogP contribution in [0.25, 0.3) is 0 Å². The highest BCUT2D eigenvalue weighted by Crippen LogP contribution is 2.30. The average molecular weight is 344 g/mol. The van der Waals surface area contributed by atoms with Crippen LogP contribution in [0, 0.1) is 5.92 Å². The Balaban J connectivity index is 1.99. The van der Waals surface area contributed by atoms with Gasteiger partial charge in [0.1, 0.15) is 0 Å². The highest BCUT2D eigenvalue weighted by Gasteiger charge is 2.18. The van der Waals surface area contributed by atoms with E-state index >= 15 is 0 Å². The summed E-state index contributed by atoms with van der Waals surface area (Å²) in [4.78, 5) is 5.23. The summed E-state index contributed by atoms with van der Waals surface area (Å²) >= 11 is 0. The number of allylic oxidation sites excluding steroid dienone is 4. The first-order valence-electron chi connectivity index (χ1n) is 9.74. The lowest BCUT2D eigenvalue weighted by Gasteiger charge is -2.21. The number of hydrogen-bond acceptors (Lipinski definition) is 1. The molecule has 1 aliphatic carbocycles. The lowest BCUT2D eigenvalue weighted by molar-refractivity contribution is 0.661. The fraction of sp³-hybridized carbons (Fsp3) is 0.320. The minimum atomic E-state index is 0.482. The molecule has 2 aromatic rings. The van der Waals surface area contributed by atoms with Gasteiger partial charge in [0.2, 0.25) is 0 Å². The molecule has 0 heterocycles. The van der Waals surface area contributed by atoms with E-state index in [1.54, 1.807) is 0 Å². The van der Waals surface area contributed by atoms with E-state index in [1.165, 1.54) is 28.1 Å². The number of rotatable bonds is 6. The fourth-order valence-corrected chi connectivity index (χ4v) is 3.69. The lowest BCUT2D eigenvalue weighted by atomic mass is 9.88. The van der Waals surface area contributed by atoms with E-state index in [0.717, 1.165) is 19.3 Å². The van der Waals surface area contributed by atoms with Crippen molar-refractivity contribution in [1.82, 2.24) is 0 Å². The van der Waals surface area contributed by atoms with Gasteiger partial charge in [-0.05, 0) is 48.8 Å². The van der Waals surface area contributed by atoms with Gasteiger partial charge in [0.05, 0.1) is 0 Å². The molecule has 26 heavy (non-hydrogen) atoms. The predicted molar refractivity (Wildman–Crippen MR) is 113 cm³/mol. The molecule has 0 amide bonds. The fourth-order valence-electron chi connectivity index (χ4n) is 3.69.